The van der Waals surface area contributed by atoms with Crippen molar-refractivity contribution in [1.29, 1.82) is 0 Å². The molecule has 0 radical (unpaired) electrons. The number of rotatable bonds is 3. The van der Waals surface area contributed by atoms with Gasteiger partial charge in [0.1, 0.15) is 5.82 Å². The highest BCUT2D eigenvalue weighted by atomic mass is 16.6. The molecule has 2 amide bonds. The van der Waals surface area contributed by atoms with Crippen LogP contribution in [0.3, 0.4) is 0 Å². The lowest BCUT2D eigenvalue weighted by molar-refractivity contribution is -0.137. The average Bonchev–Trinajstić information content (AvgIpc) is 2.68. The van der Waals surface area contributed by atoms with Crippen molar-refractivity contribution in [2.45, 2.75) is 19.8 Å². The molecule has 1 aromatic rings. The van der Waals surface area contributed by atoms with E-state index in [4.69, 9.17) is 4.74 Å². The fourth-order valence-electron chi connectivity index (χ4n) is 3.42. The Morgan fingerprint density at radius 2 is 1.92 bits per heavy atom. The Bertz CT molecular complexity index is 589. The number of hydrogen-bond acceptors (Lipinski definition) is 6. The number of ether oxygens (including phenoxy) is 1. The third-order valence-corrected chi connectivity index (χ3v) is 4.76. The van der Waals surface area contributed by atoms with Crippen LogP contribution in [0.25, 0.3) is 0 Å². The summed E-state index contributed by atoms with van der Waals surface area (Å²) < 4.78 is 5.02. The molecule has 25 heavy (non-hydrogen) atoms. The number of anilines is 1. The lowest BCUT2D eigenvalue weighted by Crippen LogP contribution is -2.53. The van der Waals surface area contributed by atoms with Crippen LogP contribution in [0.2, 0.25) is 0 Å². The second-order valence-electron chi connectivity index (χ2n) is 6.36. The lowest BCUT2D eigenvalue weighted by Gasteiger charge is -2.38. The summed E-state index contributed by atoms with van der Waals surface area (Å²) in [4.78, 5) is 38.7. The van der Waals surface area contributed by atoms with E-state index < -0.39 is 0 Å². The van der Waals surface area contributed by atoms with Crippen molar-refractivity contribution in [1.82, 2.24) is 19.8 Å². The Morgan fingerprint density at radius 1 is 1.16 bits per heavy atom. The Morgan fingerprint density at radius 3 is 2.60 bits per heavy atom. The highest BCUT2D eigenvalue weighted by Crippen LogP contribution is 2.23. The molecule has 0 aromatic carbocycles. The molecule has 2 aliphatic rings. The van der Waals surface area contributed by atoms with Crippen molar-refractivity contribution in [3.63, 3.8) is 0 Å². The van der Waals surface area contributed by atoms with E-state index in [1.807, 2.05) is 4.90 Å². The first-order valence-electron chi connectivity index (χ1n) is 8.90. The Balaban J connectivity index is 1.54. The van der Waals surface area contributed by atoms with Crippen LogP contribution in [0.4, 0.5) is 10.6 Å². The van der Waals surface area contributed by atoms with Crippen molar-refractivity contribution >= 4 is 17.8 Å². The summed E-state index contributed by atoms with van der Waals surface area (Å²) >= 11 is 0. The summed E-state index contributed by atoms with van der Waals surface area (Å²) in [6, 6.07) is 0. The molecule has 2 fully saturated rings. The van der Waals surface area contributed by atoms with Crippen LogP contribution in [0.5, 0.6) is 0 Å². The topological polar surface area (TPSA) is 78.9 Å². The summed E-state index contributed by atoms with van der Waals surface area (Å²) in [6.45, 7) is 5.95. The fraction of sp³-hybridized carbons (Fsp3) is 0.647. The SMILES string of the molecule is CCOC(=O)N1CCN(C(=O)C2CCCN(c3cnccn3)C2)CC1. The van der Waals surface area contributed by atoms with E-state index in [2.05, 4.69) is 14.9 Å². The van der Waals surface area contributed by atoms with E-state index in [1.165, 1.54) is 0 Å². The molecular weight excluding hydrogens is 322 g/mol. The number of piperidine rings is 1. The molecule has 8 heteroatoms. The molecule has 1 atom stereocenters. The van der Waals surface area contributed by atoms with Gasteiger partial charge in [-0.05, 0) is 19.8 Å². The monoisotopic (exact) mass is 347 g/mol. The van der Waals surface area contributed by atoms with Gasteiger partial charge in [0.05, 0.1) is 18.7 Å². The summed E-state index contributed by atoms with van der Waals surface area (Å²) in [5.74, 6) is 0.981. The molecule has 3 heterocycles. The maximum atomic E-state index is 12.9. The van der Waals surface area contributed by atoms with Crippen LogP contribution in [-0.2, 0) is 9.53 Å². The zero-order chi connectivity index (χ0) is 17.6. The fourth-order valence-corrected chi connectivity index (χ4v) is 3.42. The van der Waals surface area contributed by atoms with Gasteiger partial charge < -0.3 is 19.4 Å². The molecule has 1 unspecified atom stereocenters. The number of piperazine rings is 1. The zero-order valence-electron chi connectivity index (χ0n) is 14.6. The Hall–Kier alpha value is -2.38. The smallest absolute Gasteiger partial charge is 0.409 e. The van der Waals surface area contributed by atoms with Crippen LogP contribution in [0.1, 0.15) is 19.8 Å². The Labute approximate surface area is 147 Å². The van der Waals surface area contributed by atoms with Gasteiger partial charge in [-0.3, -0.25) is 9.78 Å². The molecule has 2 saturated heterocycles. The van der Waals surface area contributed by atoms with Crippen molar-refractivity contribution < 1.29 is 14.3 Å². The Kier molecular flexibility index (Phi) is 5.67. The van der Waals surface area contributed by atoms with Gasteiger partial charge in [-0.2, -0.15) is 0 Å². The van der Waals surface area contributed by atoms with Crippen LogP contribution in [0.15, 0.2) is 18.6 Å². The van der Waals surface area contributed by atoms with E-state index in [0.717, 1.165) is 25.2 Å². The summed E-state index contributed by atoms with van der Waals surface area (Å²) in [5.41, 5.74) is 0. The predicted molar refractivity (Wildman–Crippen MR) is 92.1 cm³/mol. The molecule has 0 saturated carbocycles. The van der Waals surface area contributed by atoms with Gasteiger partial charge in [0.2, 0.25) is 5.91 Å². The molecular formula is C17H25N5O3. The molecule has 0 N–H and O–H groups in total. The van der Waals surface area contributed by atoms with Crippen LogP contribution >= 0.6 is 0 Å². The van der Waals surface area contributed by atoms with Crippen molar-refractivity contribution in [3.8, 4) is 0 Å². The minimum Gasteiger partial charge on any atom is -0.450 e. The van der Waals surface area contributed by atoms with Gasteiger partial charge >= 0.3 is 6.09 Å². The summed E-state index contributed by atoms with van der Waals surface area (Å²) in [6.07, 6.45) is 6.64. The van der Waals surface area contributed by atoms with Gasteiger partial charge in [-0.15, -0.1) is 0 Å². The van der Waals surface area contributed by atoms with E-state index in [1.54, 1.807) is 30.4 Å². The summed E-state index contributed by atoms with van der Waals surface area (Å²) in [5, 5.41) is 0. The first-order valence-corrected chi connectivity index (χ1v) is 8.90. The summed E-state index contributed by atoms with van der Waals surface area (Å²) in [7, 11) is 0. The minimum atomic E-state index is -0.291. The second kappa shape index (κ2) is 8.13. The van der Waals surface area contributed by atoms with Gasteiger partial charge in [0, 0.05) is 51.7 Å². The van der Waals surface area contributed by atoms with E-state index in [9.17, 15) is 9.59 Å². The average molecular weight is 347 g/mol. The standard InChI is InChI=1S/C17H25N5O3/c1-2-25-17(24)21-10-8-20(9-11-21)16(23)14-4-3-7-22(13-14)15-12-18-5-6-19-15/h5-6,12,14H,2-4,7-11,13H2,1H3. The van der Waals surface area contributed by atoms with Gasteiger partial charge in [-0.25, -0.2) is 9.78 Å². The molecule has 1 aromatic heterocycles. The van der Waals surface area contributed by atoms with Crippen LogP contribution in [-0.4, -0.2) is 77.6 Å². The number of nitrogens with zero attached hydrogens (tertiary/aromatic N) is 5. The number of carbonyl (C=O) groups excluding carboxylic acids is 2. The first-order chi connectivity index (χ1) is 12.2. The number of amides is 2. The zero-order valence-corrected chi connectivity index (χ0v) is 14.6. The van der Waals surface area contributed by atoms with Crippen LogP contribution in [0, 0.1) is 5.92 Å². The number of carbonyl (C=O) groups is 2. The van der Waals surface area contributed by atoms with Gasteiger partial charge in [0.25, 0.3) is 0 Å². The third-order valence-electron chi connectivity index (χ3n) is 4.76. The normalized spacial score (nSPS) is 21.2. The maximum Gasteiger partial charge on any atom is 0.409 e. The molecule has 0 bridgehead atoms. The number of aromatic nitrogens is 2. The first kappa shape index (κ1) is 17.4. The second-order valence-corrected chi connectivity index (χ2v) is 6.36. The molecule has 2 aliphatic heterocycles. The van der Waals surface area contributed by atoms with E-state index in [0.29, 0.717) is 39.3 Å². The van der Waals surface area contributed by atoms with Crippen LogP contribution < -0.4 is 4.90 Å². The molecule has 8 nitrogen and oxygen atoms in total. The molecule has 0 aliphatic carbocycles. The van der Waals surface area contributed by atoms with E-state index in [-0.39, 0.29) is 17.9 Å². The minimum absolute atomic E-state index is 0.0232. The van der Waals surface area contributed by atoms with Crippen molar-refractivity contribution in [2.24, 2.45) is 5.92 Å². The highest BCUT2D eigenvalue weighted by Gasteiger charge is 2.32. The highest BCUT2D eigenvalue weighted by molar-refractivity contribution is 5.80. The maximum absolute atomic E-state index is 12.9. The van der Waals surface area contributed by atoms with Gasteiger partial charge in [0.15, 0.2) is 0 Å². The molecule has 0 spiro atoms. The molecule has 3 rings (SSSR count). The number of hydrogen-bond donors (Lipinski definition) is 0. The largest absolute Gasteiger partial charge is 0.450 e. The lowest BCUT2D eigenvalue weighted by atomic mass is 9.96. The van der Waals surface area contributed by atoms with Crippen molar-refractivity contribution in [3.05, 3.63) is 18.6 Å². The quantitative estimate of drug-likeness (QED) is 0.811. The van der Waals surface area contributed by atoms with Gasteiger partial charge in [-0.1, -0.05) is 0 Å². The van der Waals surface area contributed by atoms with E-state index >= 15 is 0 Å². The third kappa shape index (κ3) is 4.18. The van der Waals surface area contributed by atoms with Crippen molar-refractivity contribution in [2.75, 3.05) is 50.8 Å². The molecule has 136 valence electrons. The predicted octanol–water partition coefficient (Wildman–Crippen LogP) is 0.994.